The van der Waals surface area contributed by atoms with E-state index in [0.29, 0.717) is 30.7 Å². The number of fused-ring (bicyclic) bond motifs is 2. The standard InChI is InChI=1S/C28H40N6O3/c1-18(17-36-4)31-28(29-3)32-34-19(2)25(14-26(34)20-5-7-22(35)8-6-20)21-11-12-30-27(13-21)33-15-23-9-10-24(16-33)37-23/h11-14,18,20,22-24,35H,3,5-10,15-17H2,1-2,4H3,(H,31,32)/t18-,20?,22?,23-,24+/m0/s1. The molecule has 2 bridgehead atoms. The Morgan fingerprint density at radius 3 is 2.62 bits per heavy atom. The lowest BCUT2D eigenvalue weighted by Crippen LogP contribution is -2.43. The van der Waals surface area contributed by atoms with E-state index in [4.69, 9.17) is 14.5 Å². The Morgan fingerprint density at radius 2 is 1.95 bits per heavy atom. The van der Waals surface area contributed by atoms with E-state index in [1.54, 1.807) is 7.11 Å². The van der Waals surface area contributed by atoms with Crippen molar-refractivity contribution in [3.63, 3.8) is 0 Å². The fourth-order valence-corrected chi connectivity index (χ4v) is 6.00. The number of hydrogen-bond donors (Lipinski definition) is 2. The second-order valence-corrected chi connectivity index (χ2v) is 10.7. The summed E-state index contributed by atoms with van der Waals surface area (Å²) in [6.45, 7) is 10.2. The molecule has 200 valence electrons. The van der Waals surface area contributed by atoms with Crippen molar-refractivity contribution < 1.29 is 14.6 Å². The Labute approximate surface area is 219 Å². The number of nitrogens with one attached hydrogen (secondary N) is 1. The van der Waals surface area contributed by atoms with Crippen molar-refractivity contribution in [1.82, 2.24) is 9.66 Å². The van der Waals surface area contributed by atoms with Crippen LogP contribution in [0.25, 0.3) is 11.1 Å². The molecule has 2 aromatic rings. The van der Waals surface area contributed by atoms with E-state index >= 15 is 0 Å². The molecule has 9 heteroatoms. The van der Waals surface area contributed by atoms with E-state index in [2.05, 4.69) is 56.8 Å². The number of morpholine rings is 1. The number of ether oxygens (including phenoxy) is 2. The van der Waals surface area contributed by atoms with Crippen LogP contribution in [0.1, 0.15) is 62.8 Å². The number of aliphatic hydroxyl groups excluding tert-OH is 1. The minimum atomic E-state index is -0.207. The Balaban J connectivity index is 1.48. The highest BCUT2D eigenvalue weighted by molar-refractivity contribution is 5.91. The van der Waals surface area contributed by atoms with Crippen LogP contribution in [0.5, 0.6) is 0 Å². The molecule has 0 spiro atoms. The number of aliphatic imine (C=N–C) groups is 2. The van der Waals surface area contributed by atoms with Crippen molar-refractivity contribution in [2.75, 3.05) is 37.1 Å². The van der Waals surface area contributed by atoms with Crippen LogP contribution in [0.4, 0.5) is 5.82 Å². The first-order chi connectivity index (χ1) is 17.9. The molecule has 0 unspecified atom stereocenters. The predicted octanol–water partition coefficient (Wildman–Crippen LogP) is 3.88. The summed E-state index contributed by atoms with van der Waals surface area (Å²) < 4.78 is 13.4. The van der Waals surface area contributed by atoms with Crippen LogP contribution in [0.3, 0.4) is 0 Å². The van der Waals surface area contributed by atoms with Gasteiger partial charge in [0.1, 0.15) is 5.82 Å². The second kappa shape index (κ2) is 11.3. The normalized spacial score (nSPS) is 26.8. The highest BCUT2D eigenvalue weighted by atomic mass is 16.5. The molecule has 5 rings (SSSR count). The first-order valence-corrected chi connectivity index (χ1v) is 13.5. The average Bonchev–Trinajstić information content (AvgIpc) is 3.41. The quantitative estimate of drug-likeness (QED) is 0.435. The smallest absolute Gasteiger partial charge is 0.237 e. The van der Waals surface area contributed by atoms with Crippen molar-refractivity contribution in [1.29, 1.82) is 0 Å². The van der Waals surface area contributed by atoms with Gasteiger partial charge in [0.25, 0.3) is 0 Å². The van der Waals surface area contributed by atoms with Gasteiger partial charge >= 0.3 is 0 Å². The van der Waals surface area contributed by atoms with Gasteiger partial charge in [-0.1, -0.05) is 0 Å². The van der Waals surface area contributed by atoms with E-state index in [1.165, 1.54) is 5.69 Å². The highest BCUT2D eigenvalue weighted by Crippen LogP contribution is 2.38. The zero-order chi connectivity index (χ0) is 25.9. The maximum atomic E-state index is 10.1. The lowest BCUT2D eigenvalue weighted by atomic mass is 9.85. The number of anilines is 1. The summed E-state index contributed by atoms with van der Waals surface area (Å²) in [5, 5.41) is 10.1. The fraction of sp³-hybridized carbons (Fsp3) is 0.607. The summed E-state index contributed by atoms with van der Waals surface area (Å²) in [7, 11) is 1.67. The molecule has 2 N–H and O–H groups in total. The first-order valence-electron chi connectivity index (χ1n) is 13.5. The molecule has 9 nitrogen and oxygen atoms in total. The van der Waals surface area contributed by atoms with Crippen LogP contribution < -0.4 is 10.3 Å². The van der Waals surface area contributed by atoms with Gasteiger partial charge in [-0.15, -0.1) is 0 Å². The summed E-state index contributed by atoms with van der Waals surface area (Å²) in [5.41, 5.74) is 7.98. The van der Waals surface area contributed by atoms with E-state index in [9.17, 15) is 5.11 Å². The van der Waals surface area contributed by atoms with Crippen LogP contribution in [0.2, 0.25) is 0 Å². The summed E-state index contributed by atoms with van der Waals surface area (Å²) in [6.07, 6.45) is 8.12. The SMILES string of the molecule is C=NC(=N[C@@H](C)COC)Nn1c(C2CCC(O)CC2)cc(-c2ccnc(N3C[C@H]4CC[C@@H](C3)O4)c2)c1C. The maximum absolute atomic E-state index is 10.1. The van der Waals surface area contributed by atoms with Gasteiger partial charge < -0.3 is 19.5 Å². The second-order valence-electron chi connectivity index (χ2n) is 10.7. The zero-order valence-electron chi connectivity index (χ0n) is 22.3. The van der Waals surface area contributed by atoms with Gasteiger partial charge in [-0.2, -0.15) is 0 Å². The lowest BCUT2D eigenvalue weighted by Gasteiger charge is -2.33. The lowest BCUT2D eigenvalue weighted by molar-refractivity contribution is 0.0302. The number of guanidine groups is 1. The van der Waals surface area contributed by atoms with Crippen LogP contribution >= 0.6 is 0 Å². The molecule has 0 aromatic carbocycles. The third-order valence-corrected chi connectivity index (χ3v) is 7.93. The summed E-state index contributed by atoms with van der Waals surface area (Å²) in [5.74, 6) is 1.80. The van der Waals surface area contributed by atoms with Crippen LogP contribution in [-0.2, 0) is 9.47 Å². The summed E-state index contributed by atoms with van der Waals surface area (Å²) in [6, 6.07) is 6.52. The molecule has 1 saturated carbocycles. The van der Waals surface area contributed by atoms with Gasteiger partial charge in [-0.3, -0.25) is 10.1 Å². The van der Waals surface area contributed by atoms with Gasteiger partial charge in [0.15, 0.2) is 0 Å². The van der Waals surface area contributed by atoms with E-state index in [-0.39, 0.29) is 12.1 Å². The number of aromatic nitrogens is 2. The topological polar surface area (TPSA) is 96.5 Å². The average molecular weight is 509 g/mol. The molecule has 1 aliphatic carbocycles. The van der Waals surface area contributed by atoms with Crippen molar-refractivity contribution >= 4 is 18.5 Å². The monoisotopic (exact) mass is 508 g/mol. The van der Waals surface area contributed by atoms with Crippen LogP contribution in [-0.4, -0.2) is 78.6 Å². The molecule has 37 heavy (non-hydrogen) atoms. The molecule has 4 heterocycles. The maximum Gasteiger partial charge on any atom is 0.237 e. The van der Waals surface area contributed by atoms with Gasteiger partial charge in [0.2, 0.25) is 5.96 Å². The van der Waals surface area contributed by atoms with Crippen molar-refractivity contribution in [3.8, 4) is 11.1 Å². The van der Waals surface area contributed by atoms with E-state index in [0.717, 1.165) is 74.3 Å². The molecule has 0 radical (unpaired) electrons. The molecule has 3 fully saturated rings. The number of hydrogen-bond acceptors (Lipinski definition) is 6. The Morgan fingerprint density at radius 1 is 1.22 bits per heavy atom. The number of nitrogens with zero attached hydrogens (tertiary/aromatic N) is 5. The summed E-state index contributed by atoms with van der Waals surface area (Å²) >= 11 is 0. The minimum Gasteiger partial charge on any atom is -0.393 e. The predicted molar refractivity (Wildman–Crippen MR) is 147 cm³/mol. The fourth-order valence-electron chi connectivity index (χ4n) is 6.00. The van der Waals surface area contributed by atoms with Crippen molar-refractivity contribution in [3.05, 3.63) is 35.8 Å². The van der Waals surface area contributed by atoms with Crippen LogP contribution in [0, 0.1) is 6.92 Å². The van der Waals surface area contributed by atoms with E-state index < -0.39 is 0 Å². The number of aliphatic hydroxyl groups is 1. The Hall–Kier alpha value is -2.75. The Bertz CT molecular complexity index is 1110. The number of methoxy groups -OCH3 is 1. The molecule has 2 saturated heterocycles. The van der Waals surface area contributed by atoms with Crippen molar-refractivity contribution in [2.45, 2.75) is 82.6 Å². The van der Waals surface area contributed by atoms with Gasteiger partial charge in [-0.25, -0.2) is 15.0 Å². The van der Waals surface area contributed by atoms with Gasteiger partial charge in [0.05, 0.1) is 31.0 Å². The van der Waals surface area contributed by atoms with Crippen LogP contribution in [0.15, 0.2) is 34.4 Å². The molecule has 2 aromatic heterocycles. The van der Waals surface area contributed by atoms with Crippen molar-refractivity contribution in [2.24, 2.45) is 9.98 Å². The molecule has 3 aliphatic rings. The third kappa shape index (κ3) is 5.73. The molecular weight excluding hydrogens is 468 g/mol. The van der Waals surface area contributed by atoms with Gasteiger partial charge in [0, 0.05) is 49.3 Å². The summed E-state index contributed by atoms with van der Waals surface area (Å²) in [4.78, 5) is 15.9. The highest BCUT2D eigenvalue weighted by Gasteiger charge is 2.34. The molecule has 3 atom stereocenters. The third-order valence-electron chi connectivity index (χ3n) is 7.93. The number of pyridine rings is 1. The molecule has 0 amide bonds. The Kier molecular flexibility index (Phi) is 7.92. The first kappa shape index (κ1) is 25.9. The zero-order valence-corrected chi connectivity index (χ0v) is 22.3. The van der Waals surface area contributed by atoms with E-state index in [1.807, 2.05) is 13.1 Å². The minimum absolute atomic E-state index is 0.0480. The molecular formula is C28H40N6O3. The number of rotatable bonds is 7. The van der Waals surface area contributed by atoms with Gasteiger partial charge in [-0.05, 0) is 82.9 Å². The molecule has 2 aliphatic heterocycles. The largest absolute Gasteiger partial charge is 0.393 e.